The van der Waals surface area contributed by atoms with Gasteiger partial charge >= 0.3 is 0 Å². The number of rotatable bonds is 7. The summed E-state index contributed by atoms with van der Waals surface area (Å²) in [6.07, 6.45) is 3.09. The van der Waals surface area contributed by atoms with Crippen molar-refractivity contribution in [1.82, 2.24) is 15.5 Å². The quantitative estimate of drug-likeness (QED) is 0.347. The molecule has 0 spiro atoms. The molecule has 7 heteroatoms. The van der Waals surface area contributed by atoms with E-state index in [1.807, 2.05) is 11.3 Å². The number of nitrogens with one attached hydrogen (secondary N) is 2. The minimum atomic E-state index is 0. The summed E-state index contributed by atoms with van der Waals surface area (Å²) in [7, 11) is 4.31. The first-order valence-corrected chi connectivity index (χ1v) is 10.1. The van der Waals surface area contributed by atoms with Gasteiger partial charge in [-0.3, -0.25) is 4.99 Å². The summed E-state index contributed by atoms with van der Waals surface area (Å²) in [5.74, 6) is 0.913. The third kappa shape index (κ3) is 6.98. The van der Waals surface area contributed by atoms with Crippen molar-refractivity contribution in [2.45, 2.75) is 51.6 Å². The van der Waals surface area contributed by atoms with Crippen LogP contribution in [-0.4, -0.2) is 62.8 Å². The second-order valence-corrected chi connectivity index (χ2v) is 8.56. The first-order chi connectivity index (χ1) is 11.9. The molecule has 1 atom stereocenters. The molecule has 2 N–H and O–H groups in total. The maximum atomic E-state index is 5.56. The normalized spacial score (nSPS) is 18.3. The number of ether oxygens (including phenoxy) is 1. The lowest BCUT2D eigenvalue weighted by atomic mass is 9.89. The lowest BCUT2D eigenvalue weighted by Gasteiger charge is -2.41. The number of guanidine groups is 1. The van der Waals surface area contributed by atoms with E-state index in [4.69, 9.17) is 9.73 Å². The summed E-state index contributed by atoms with van der Waals surface area (Å²) in [4.78, 5) is 10.0. The van der Waals surface area contributed by atoms with E-state index in [0.29, 0.717) is 6.04 Å². The molecule has 26 heavy (non-hydrogen) atoms. The van der Waals surface area contributed by atoms with Crippen LogP contribution in [0.5, 0.6) is 0 Å². The van der Waals surface area contributed by atoms with Gasteiger partial charge in [-0.1, -0.05) is 0 Å². The van der Waals surface area contributed by atoms with Gasteiger partial charge in [0.05, 0.1) is 6.54 Å². The number of hydrogen-bond donors (Lipinski definition) is 2. The van der Waals surface area contributed by atoms with E-state index < -0.39 is 0 Å². The Bertz CT molecular complexity index is 555. The van der Waals surface area contributed by atoms with Gasteiger partial charge in [-0.15, -0.1) is 35.3 Å². The third-order valence-corrected chi connectivity index (χ3v) is 5.96. The zero-order chi connectivity index (χ0) is 18.3. The lowest BCUT2D eigenvalue weighted by molar-refractivity contribution is -0.00255. The largest absolute Gasteiger partial charge is 0.381 e. The SMILES string of the molecule is CCNC(=NCC1(N(C)C)CCOCC1)NC(C)Cc1ccc(C)s1.I. The van der Waals surface area contributed by atoms with Crippen molar-refractivity contribution in [3.05, 3.63) is 21.9 Å². The van der Waals surface area contributed by atoms with Gasteiger partial charge < -0.3 is 20.3 Å². The van der Waals surface area contributed by atoms with E-state index in [0.717, 1.165) is 51.5 Å². The molecule has 1 aliphatic heterocycles. The summed E-state index contributed by atoms with van der Waals surface area (Å²) < 4.78 is 5.56. The van der Waals surface area contributed by atoms with Gasteiger partial charge in [0, 0.05) is 47.5 Å². The van der Waals surface area contributed by atoms with Gasteiger partial charge in [-0.2, -0.15) is 0 Å². The van der Waals surface area contributed by atoms with Crippen LogP contribution in [0.3, 0.4) is 0 Å². The van der Waals surface area contributed by atoms with Crippen LogP contribution < -0.4 is 10.6 Å². The number of aryl methyl sites for hydroxylation is 1. The van der Waals surface area contributed by atoms with Crippen LogP contribution in [0.4, 0.5) is 0 Å². The molecule has 5 nitrogen and oxygen atoms in total. The fourth-order valence-electron chi connectivity index (χ4n) is 3.23. The van der Waals surface area contributed by atoms with Gasteiger partial charge in [0.2, 0.25) is 0 Å². The molecule has 1 aliphatic rings. The second kappa shape index (κ2) is 11.5. The minimum absolute atomic E-state index is 0. The molecule has 1 saturated heterocycles. The molecule has 1 aromatic rings. The Morgan fingerprint density at radius 3 is 2.58 bits per heavy atom. The standard InChI is InChI=1S/C19H34N4OS.HI/c1-6-20-18(22-15(2)13-17-8-7-16(3)25-17)21-14-19(23(4)5)9-11-24-12-10-19;/h7-8,15H,6,9-14H2,1-5H3,(H2,20,21,22);1H. The molecule has 150 valence electrons. The highest BCUT2D eigenvalue weighted by molar-refractivity contribution is 14.0. The van der Waals surface area contributed by atoms with Crippen molar-refractivity contribution in [2.24, 2.45) is 4.99 Å². The van der Waals surface area contributed by atoms with E-state index >= 15 is 0 Å². The maximum Gasteiger partial charge on any atom is 0.191 e. The highest BCUT2D eigenvalue weighted by atomic mass is 127. The molecule has 2 rings (SSSR count). The van der Waals surface area contributed by atoms with Crippen LogP contribution in [0, 0.1) is 6.92 Å². The average Bonchev–Trinajstić information content (AvgIpc) is 2.98. The maximum absolute atomic E-state index is 5.56. The Balaban J connectivity index is 0.00000338. The van der Waals surface area contributed by atoms with E-state index in [-0.39, 0.29) is 29.5 Å². The van der Waals surface area contributed by atoms with Crippen molar-refractivity contribution >= 4 is 41.3 Å². The molecule has 0 amide bonds. The van der Waals surface area contributed by atoms with E-state index in [9.17, 15) is 0 Å². The van der Waals surface area contributed by atoms with Crippen molar-refractivity contribution < 1.29 is 4.74 Å². The second-order valence-electron chi connectivity index (χ2n) is 7.19. The molecule has 0 bridgehead atoms. The number of likely N-dealkylation sites (N-methyl/N-ethyl adjacent to an activating group) is 1. The van der Waals surface area contributed by atoms with Crippen molar-refractivity contribution in [2.75, 3.05) is 40.4 Å². The highest BCUT2D eigenvalue weighted by Crippen LogP contribution is 2.26. The third-order valence-electron chi connectivity index (χ3n) is 4.93. The molecule has 0 aromatic carbocycles. The monoisotopic (exact) mass is 494 g/mol. The van der Waals surface area contributed by atoms with Gasteiger partial charge in [0.15, 0.2) is 5.96 Å². The fourth-order valence-corrected chi connectivity index (χ4v) is 4.24. The topological polar surface area (TPSA) is 48.9 Å². The van der Waals surface area contributed by atoms with Crippen LogP contribution in [0.25, 0.3) is 0 Å². The number of aliphatic imine (C=N–C) groups is 1. The fraction of sp³-hybridized carbons (Fsp3) is 0.737. The van der Waals surface area contributed by atoms with E-state index in [1.165, 1.54) is 9.75 Å². The van der Waals surface area contributed by atoms with E-state index in [1.54, 1.807) is 0 Å². The molecule has 1 aromatic heterocycles. The molecular formula is C19H35IN4OS. The summed E-state index contributed by atoms with van der Waals surface area (Å²) in [6.45, 7) is 9.81. The molecule has 0 aliphatic carbocycles. The molecule has 1 fully saturated rings. The molecule has 0 saturated carbocycles. The zero-order valence-corrected chi connectivity index (χ0v) is 19.9. The average molecular weight is 494 g/mol. The predicted molar refractivity (Wildman–Crippen MR) is 123 cm³/mol. The van der Waals surface area contributed by atoms with Gasteiger partial charge in [0.25, 0.3) is 0 Å². The Morgan fingerprint density at radius 1 is 1.35 bits per heavy atom. The Morgan fingerprint density at radius 2 is 2.04 bits per heavy atom. The number of nitrogens with zero attached hydrogens (tertiary/aromatic N) is 2. The van der Waals surface area contributed by atoms with Crippen LogP contribution in [0.1, 0.15) is 36.4 Å². The number of thiophene rings is 1. The van der Waals surface area contributed by atoms with Crippen LogP contribution in [-0.2, 0) is 11.2 Å². The van der Waals surface area contributed by atoms with Gasteiger partial charge in [0.1, 0.15) is 0 Å². The summed E-state index contributed by atoms with van der Waals surface area (Å²) in [5.41, 5.74) is 0.106. The van der Waals surface area contributed by atoms with Gasteiger partial charge in [-0.25, -0.2) is 0 Å². The number of halogens is 1. The summed E-state index contributed by atoms with van der Waals surface area (Å²) >= 11 is 1.88. The van der Waals surface area contributed by atoms with Crippen molar-refractivity contribution in [3.63, 3.8) is 0 Å². The summed E-state index contributed by atoms with van der Waals surface area (Å²) in [5, 5.41) is 6.96. The summed E-state index contributed by atoms with van der Waals surface area (Å²) in [6, 6.07) is 4.77. The number of hydrogen-bond acceptors (Lipinski definition) is 4. The van der Waals surface area contributed by atoms with E-state index in [2.05, 4.69) is 62.5 Å². The molecular weight excluding hydrogens is 459 g/mol. The van der Waals surface area contributed by atoms with Crippen LogP contribution in [0.15, 0.2) is 17.1 Å². The van der Waals surface area contributed by atoms with Gasteiger partial charge in [-0.05, 0) is 59.8 Å². The first kappa shape index (κ1) is 23.7. The molecule has 0 radical (unpaired) electrons. The predicted octanol–water partition coefficient (Wildman–Crippen LogP) is 3.27. The first-order valence-electron chi connectivity index (χ1n) is 9.30. The molecule has 1 unspecified atom stereocenters. The van der Waals surface area contributed by atoms with Crippen LogP contribution >= 0.6 is 35.3 Å². The lowest BCUT2D eigenvalue weighted by Crippen LogP contribution is -2.52. The Hall–Kier alpha value is -0.380. The van der Waals surface area contributed by atoms with Crippen molar-refractivity contribution in [1.29, 1.82) is 0 Å². The Labute approximate surface area is 180 Å². The minimum Gasteiger partial charge on any atom is -0.381 e. The highest BCUT2D eigenvalue weighted by Gasteiger charge is 2.34. The van der Waals surface area contributed by atoms with Crippen LogP contribution in [0.2, 0.25) is 0 Å². The van der Waals surface area contributed by atoms with Crippen molar-refractivity contribution in [3.8, 4) is 0 Å². The Kier molecular flexibility index (Phi) is 10.4. The zero-order valence-electron chi connectivity index (χ0n) is 16.8. The smallest absolute Gasteiger partial charge is 0.191 e. The molecule has 2 heterocycles.